The van der Waals surface area contributed by atoms with Gasteiger partial charge in [0.1, 0.15) is 0 Å². The van der Waals surface area contributed by atoms with Gasteiger partial charge in [0, 0.05) is 10.9 Å². The lowest BCUT2D eigenvalue weighted by atomic mass is 10.1. The Morgan fingerprint density at radius 2 is 2.13 bits per heavy atom. The SMILES string of the molecule is CNC(CC(F)(F)F)c1cc(C)c(Br)s1. The van der Waals surface area contributed by atoms with Crippen LogP contribution in [-0.4, -0.2) is 13.2 Å². The zero-order chi connectivity index (χ0) is 11.6. The van der Waals surface area contributed by atoms with Crippen LogP contribution >= 0.6 is 27.3 Å². The Balaban J connectivity index is 2.83. The molecule has 1 aromatic rings. The fourth-order valence-corrected chi connectivity index (χ4v) is 2.91. The number of hydrogen-bond donors (Lipinski definition) is 1. The van der Waals surface area contributed by atoms with Gasteiger partial charge in [-0.1, -0.05) is 0 Å². The maximum atomic E-state index is 12.2. The van der Waals surface area contributed by atoms with Gasteiger partial charge in [-0.15, -0.1) is 11.3 Å². The second kappa shape index (κ2) is 4.84. The molecule has 0 radical (unpaired) electrons. The van der Waals surface area contributed by atoms with E-state index in [1.54, 1.807) is 13.1 Å². The number of nitrogens with one attached hydrogen (secondary N) is 1. The summed E-state index contributed by atoms with van der Waals surface area (Å²) >= 11 is 4.64. The topological polar surface area (TPSA) is 12.0 Å². The molecule has 0 amide bonds. The second-order valence-electron chi connectivity index (χ2n) is 3.27. The van der Waals surface area contributed by atoms with E-state index in [0.29, 0.717) is 4.88 Å². The first kappa shape index (κ1) is 13.0. The van der Waals surface area contributed by atoms with Gasteiger partial charge in [0.25, 0.3) is 0 Å². The number of alkyl halides is 3. The van der Waals surface area contributed by atoms with Crippen molar-refractivity contribution in [3.8, 4) is 0 Å². The molecule has 6 heteroatoms. The van der Waals surface area contributed by atoms with E-state index >= 15 is 0 Å². The van der Waals surface area contributed by atoms with Crippen LogP contribution in [0.3, 0.4) is 0 Å². The summed E-state index contributed by atoms with van der Waals surface area (Å²) in [5, 5.41) is 2.69. The van der Waals surface area contributed by atoms with Gasteiger partial charge < -0.3 is 5.32 Å². The second-order valence-corrected chi connectivity index (χ2v) is 5.67. The lowest BCUT2D eigenvalue weighted by molar-refractivity contribution is -0.140. The molecule has 0 saturated heterocycles. The maximum absolute atomic E-state index is 12.2. The van der Waals surface area contributed by atoms with Gasteiger partial charge in [0.05, 0.1) is 10.2 Å². The summed E-state index contributed by atoms with van der Waals surface area (Å²) < 4.78 is 37.6. The Bertz CT molecular complexity index is 315. The number of thiophene rings is 1. The Kier molecular flexibility index (Phi) is 4.20. The van der Waals surface area contributed by atoms with Crippen LogP contribution in [-0.2, 0) is 0 Å². The lowest BCUT2D eigenvalue weighted by Crippen LogP contribution is -2.22. The van der Waals surface area contributed by atoms with Crippen LogP contribution in [0.2, 0.25) is 0 Å². The van der Waals surface area contributed by atoms with Crippen molar-refractivity contribution in [3.05, 3.63) is 20.3 Å². The van der Waals surface area contributed by atoms with Crippen LogP contribution < -0.4 is 5.32 Å². The molecule has 0 aliphatic heterocycles. The molecule has 0 bridgehead atoms. The molecule has 0 fully saturated rings. The van der Waals surface area contributed by atoms with E-state index < -0.39 is 18.6 Å². The van der Waals surface area contributed by atoms with Crippen molar-refractivity contribution in [1.82, 2.24) is 5.32 Å². The Morgan fingerprint density at radius 3 is 2.47 bits per heavy atom. The number of rotatable bonds is 3. The third-order valence-electron chi connectivity index (χ3n) is 2.00. The molecule has 1 aromatic heterocycles. The summed E-state index contributed by atoms with van der Waals surface area (Å²) in [6.45, 7) is 1.87. The lowest BCUT2D eigenvalue weighted by Gasteiger charge is -2.16. The average molecular weight is 302 g/mol. The van der Waals surface area contributed by atoms with E-state index in [1.807, 2.05) is 6.92 Å². The fourth-order valence-electron chi connectivity index (χ4n) is 1.23. The number of aryl methyl sites for hydroxylation is 1. The minimum atomic E-state index is -4.14. The van der Waals surface area contributed by atoms with Crippen LogP contribution in [0.5, 0.6) is 0 Å². The number of hydrogen-bond acceptors (Lipinski definition) is 2. The molecule has 1 heterocycles. The van der Waals surface area contributed by atoms with E-state index in [4.69, 9.17) is 0 Å². The predicted octanol–water partition coefficient (Wildman–Crippen LogP) is 4.03. The monoisotopic (exact) mass is 301 g/mol. The molecule has 0 aromatic carbocycles. The fraction of sp³-hybridized carbons (Fsp3) is 0.556. The van der Waals surface area contributed by atoms with Gasteiger partial charge in [-0.25, -0.2) is 0 Å². The summed E-state index contributed by atoms with van der Waals surface area (Å²) in [5.74, 6) is 0. The third-order valence-corrected chi connectivity index (χ3v) is 4.25. The van der Waals surface area contributed by atoms with Gasteiger partial charge in [-0.3, -0.25) is 0 Å². The molecular formula is C9H11BrF3NS. The van der Waals surface area contributed by atoms with E-state index in [2.05, 4.69) is 21.2 Å². The van der Waals surface area contributed by atoms with Gasteiger partial charge >= 0.3 is 6.18 Å². The summed E-state index contributed by atoms with van der Waals surface area (Å²) in [6, 6.07) is 1.13. The van der Waals surface area contributed by atoms with Crippen molar-refractivity contribution >= 4 is 27.3 Å². The Morgan fingerprint density at radius 1 is 1.53 bits per heavy atom. The number of halogens is 4. The van der Waals surface area contributed by atoms with Crippen molar-refractivity contribution in [3.63, 3.8) is 0 Å². The molecule has 1 unspecified atom stereocenters. The summed E-state index contributed by atoms with van der Waals surface area (Å²) in [5.41, 5.74) is 0.970. The Hall–Kier alpha value is -0.0700. The molecule has 0 saturated carbocycles. The molecule has 0 spiro atoms. The van der Waals surface area contributed by atoms with Crippen molar-refractivity contribution in [2.75, 3.05) is 7.05 Å². The molecule has 1 nitrogen and oxygen atoms in total. The third kappa shape index (κ3) is 3.77. The summed E-state index contributed by atoms with van der Waals surface area (Å²) in [4.78, 5) is 0.708. The van der Waals surface area contributed by atoms with Crippen molar-refractivity contribution in [1.29, 1.82) is 0 Å². The molecule has 0 aliphatic carbocycles. The normalized spacial score (nSPS) is 14.3. The highest BCUT2D eigenvalue weighted by Crippen LogP contribution is 2.36. The Labute approximate surface area is 98.8 Å². The van der Waals surface area contributed by atoms with E-state index in [0.717, 1.165) is 9.35 Å². The van der Waals surface area contributed by atoms with Gasteiger partial charge in [-0.05, 0) is 41.5 Å². The maximum Gasteiger partial charge on any atom is 0.390 e. The zero-order valence-corrected chi connectivity index (χ0v) is 10.7. The highest BCUT2D eigenvalue weighted by atomic mass is 79.9. The van der Waals surface area contributed by atoms with E-state index in [-0.39, 0.29) is 0 Å². The molecular weight excluding hydrogens is 291 g/mol. The van der Waals surface area contributed by atoms with Gasteiger partial charge in [0.15, 0.2) is 0 Å². The highest BCUT2D eigenvalue weighted by Gasteiger charge is 2.32. The predicted molar refractivity (Wildman–Crippen MR) is 59.2 cm³/mol. The van der Waals surface area contributed by atoms with Gasteiger partial charge in [0.2, 0.25) is 0 Å². The van der Waals surface area contributed by atoms with Crippen LogP contribution in [0.25, 0.3) is 0 Å². The quantitative estimate of drug-likeness (QED) is 0.889. The minimum absolute atomic E-state index is 0.653. The molecule has 86 valence electrons. The zero-order valence-electron chi connectivity index (χ0n) is 8.28. The molecule has 15 heavy (non-hydrogen) atoms. The highest BCUT2D eigenvalue weighted by molar-refractivity contribution is 9.11. The van der Waals surface area contributed by atoms with Crippen LogP contribution in [0.15, 0.2) is 9.85 Å². The first-order chi connectivity index (χ1) is 6.83. The van der Waals surface area contributed by atoms with Crippen molar-refractivity contribution < 1.29 is 13.2 Å². The minimum Gasteiger partial charge on any atom is -0.312 e. The van der Waals surface area contributed by atoms with Crippen LogP contribution in [0.4, 0.5) is 13.2 Å². The molecule has 0 aliphatic rings. The summed E-state index contributed by atoms with van der Waals surface area (Å²) in [6.07, 6.45) is -4.98. The average Bonchev–Trinajstić information content (AvgIpc) is 2.41. The molecule has 1 N–H and O–H groups in total. The van der Waals surface area contributed by atoms with Gasteiger partial charge in [-0.2, -0.15) is 13.2 Å². The first-order valence-corrected chi connectivity index (χ1v) is 5.94. The summed E-state index contributed by atoms with van der Waals surface area (Å²) in [7, 11) is 1.54. The van der Waals surface area contributed by atoms with Crippen molar-refractivity contribution in [2.24, 2.45) is 0 Å². The standard InChI is InChI=1S/C9H11BrF3NS/c1-5-3-7(15-8(5)10)6(14-2)4-9(11,12)13/h3,6,14H,4H2,1-2H3. The molecule has 1 atom stereocenters. The van der Waals surface area contributed by atoms with E-state index in [9.17, 15) is 13.2 Å². The first-order valence-electron chi connectivity index (χ1n) is 4.33. The largest absolute Gasteiger partial charge is 0.390 e. The smallest absolute Gasteiger partial charge is 0.312 e. The van der Waals surface area contributed by atoms with Crippen LogP contribution in [0, 0.1) is 6.92 Å². The molecule has 1 rings (SSSR count). The van der Waals surface area contributed by atoms with Crippen LogP contribution in [0.1, 0.15) is 22.9 Å². The van der Waals surface area contributed by atoms with E-state index in [1.165, 1.54) is 11.3 Å². The van der Waals surface area contributed by atoms with Crippen molar-refractivity contribution in [2.45, 2.75) is 25.6 Å².